The first kappa shape index (κ1) is 18.1. The maximum Gasteiger partial charge on any atom is 0.0991 e. The van der Waals surface area contributed by atoms with Gasteiger partial charge in [0.25, 0.3) is 0 Å². The SMILES string of the molecule is CCC(c1c[nH]c2ccc(C#N)cc12)N1CCN(c2ccc(C#N)cc2)CC1. The van der Waals surface area contributed by atoms with Crippen LogP contribution in [0.3, 0.4) is 0 Å². The monoisotopic (exact) mass is 369 g/mol. The highest BCUT2D eigenvalue weighted by molar-refractivity contribution is 5.85. The molecule has 3 aromatic rings. The normalized spacial score (nSPS) is 15.9. The Hall–Kier alpha value is -3.28. The van der Waals surface area contributed by atoms with Gasteiger partial charge in [0.1, 0.15) is 0 Å². The summed E-state index contributed by atoms with van der Waals surface area (Å²) in [4.78, 5) is 8.29. The Morgan fingerprint density at radius 3 is 2.29 bits per heavy atom. The number of nitrogens with one attached hydrogen (secondary N) is 1. The van der Waals surface area contributed by atoms with E-state index >= 15 is 0 Å². The zero-order valence-electron chi connectivity index (χ0n) is 16.0. The van der Waals surface area contributed by atoms with Crippen LogP contribution in [-0.2, 0) is 0 Å². The Morgan fingerprint density at radius 1 is 0.964 bits per heavy atom. The summed E-state index contributed by atoms with van der Waals surface area (Å²) in [6.45, 7) is 6.14. The van der Waals surface area contributed by atoms with Crippen molar-refractivity contribution in [2.75, 3.05) is 31.1 Å². The number of fused-ring (bicyclic) bond motifs is 1. The van der Waals surface area contributed by atoms with Crippen molar-refractivity contribution in [1.29, 1.82) is 10.5 Å². The maximum atomic E-state index is 9.25. The second-order valence-electron chi connectivity index (χ2n) is 7.22. The number of piperazine rings is 1. The molecular formula is C23H23N5. The topological polar surface area (TPSA) is 69.8 Å². The minimum absolute atomic E-state index is 0.339. The summed E-state index contributed by atoms with van der Waals surface area (Å²) in [6, 6.07) is 18.5. The molecule has 1 atom stereocenters. The molecule has 2 aromatic carbocycles. The van der Waals surface area contributed by atoms with Gasteiger partial charge in [0.2, 0.25) is 0 Å². The number of rotatable bonds is 4. The van der Waals surface area contributed by atoms with E-state index in [9.17, 15) is 5.26 Å². The number of aromatic amines is 1. The molecule has 0 amide bonds. The minimum Gasteiger partial charge on any atom is -0.369 e. The largest absolute Gasteiger partial charge is 0.369 e. The summed E-state index contributed by atoms with van der Waals surface area (Å²) in [5.74, 6) is 0. The van der Waals surface area contributed by atoms with Gasteiger partial charge in [0.05, 0.1) is 23.3 Å². The van der Waals surface area contributed by atoms with Gasteiger partial charge in [-0.3, -0.25) is 4.90 Å². The molecule has 0 spiro atoms. The summed E-state index contributed by atoms with van der Waals surface area (Å²) in [5, 5.41) is 19.4. The van der Waals surface area contributed by atoms with E-state index in [2.05, 4.69) is 40.0 Å². The van der Waals surface area contributed by atoms with Gasteiger partial charge in [0, 0.05) is 55.0 Å². The van der Waals surface area contributed by atoms with E-state index in [0.29, 0.717) is 17.2 Å². The third-order valence-electron chi connectivity index (χ3n) is 5.71. The van der Waals surface area contributed by atoms with E-state index in [1.807, 2.05) is 42.5 Å². The van der Waals surface area contributed by atoms with Crippen molar-refractivity contribution in [1.82, 2.24) is 9.88 Å². The number of hydrogen-bond donors (Lipinski definition) is 1. The quantitative estimate of drug-likeness (QED) is 0.749. The number of aromatic nitrogens is 1. The van der Waals surface area contributed by atoms with Crippen LogP contribution in [-0.4, -0.2) is 36.1 Å². The zero-order valence-corrected chi connectivity index (χ0v) is 16.0. The molecule has 0 bridgehead atoms. The molecule has 1 saturated heterocycles. The zero-order chi connectivity index (χ0) is 19.5. The average Bonchev–Trinajstić information content (AvgIpc) is 3.18. The van der Waals surface area contributed by atoms with Crippen LogP contribution in [0, 0.1) is 22.7 Å². The fourth-order valence-corrected chi connectivity index (χ4v) is 4.20. The fourth-order valence-electron chi connectivity index (χ4n) is 4.20. The molecule has 1 aliphatic rings. The molecule has 1 N–H and O–H groups in total. The number of nitrogens with zero attached hydrogens (tertiary/aromatic N) is 4. The summed E-state index contributed by atoms with van der Waals surface area (Å²) in [5.41, 5.74) is 4.95. The van der Waals surface area contributed by atoms with Gasteiger partial charge < -0.3 is 9.88 Å². The van der Waals surface area contributed by atoms with Crippen LogP contribution in [0.25, 0.3) is 10.9 Å². The van der Waals surface area contributed by atoms with Gasteiger partial charge in [-0.05, 0) is 54.4 Å². The number of H-pyrrole nitrogens is 1. The Balaban J connectivity index is 1.51. The molecule has 1 unspecified atom stereocenters. The molecule has 5 nitrogen and oxygen atoms in total. The van der Waals surface area contributed by atoms with Crippen LogP contribution in [0.15, 0.2) is 48.7 Å². The lowest BCUT2D eigenvalue weighted by molar-refractivity contribution is 0.182. The highest BCUT2D eigenvalue weighted by atomic mass is 15.3. The van der Waals surface area contributed by atoms with Gasteiger partial charge >= 0.3 is 0 Å². The predicted octanol–water partition coefficient (Wildman–Crippen LogP) is 4.18. The third kappa shape index (κ3) is 3.33. The third-order valence-corrected chi connectivity index (χ3v) is 5.71. The van der Waals surface area contributed by atoms with Gasteiger partial charge in [0.15, 0.2) is 0 Å². The van der Waals surface area contributed by atoms with E-state index in [1.54, 1.807) is 0 Å². The Labute approximate surface area is 165 Å². The van der Waals surface area contributed by atoms with Crippen molar-refractivity contribution in [3.63, 3.8) is 0 Å². The van der Waals surface area contributed by atoms with Crippen LogP contribution in [0.4, 0.5) is 5.69 Å². The molecule has 4 rings (SSSR count). The van der Waals surface area contributed by atoms with Crippen LogP contribution in [0.1, 0.15) is 36.1 Å². The van der Waals surface area contributed by atoms with E-state index in [1.165, 1.54) is 11.3 Å². The first-order valence-electron chi connectivity index (χ1n) is 9.73. The molecule has 0 radical (unpaired) electrons. The lowest BCUT2D eigenvalue weighted by Crippen LogP contribution is -2.47. The van der Waals surface area contributed by atoms with Gasteiger partial charge in [-0.25, -0.2) is 0 Å². The second-order valence-corrected chi connectivity index (χ2v) is 7.22. The average molecular weight is 369 g/mol. The first-order chi connectivity index (χ1) is 13.7. The molecular weight excluding hydrogens is 346 g/mol. The second kappa shape index (κ2) is 7.76. The lowest BCUT2D eigenvalue weighted by atomic mass is 10.00. The number of nitriles is 2. The van der Waals surface area contributed by atoms with E-state index in [-0.39, 0.29) is 0 Å². The van der Waals surface area contributed by atoms with Crippen LogP contribution >= 0.6 is 0 Å². The number of anilines is 1. The predicted molar refractivity (Wildman–Crippen MR) is 111 cm³/mol. The van der Waals surface area contributed by atoms with Crippen molar-refractivity contribution in [2.45, 2.75) is 19.4 Å². The highest BCUT2D eigenvalue weighted by Gasteiger charge is 2.26. The van der Waals surface area contributed by atoms with Crippen molar-refractivity contribution >= 4 is 16.6 Å². The van der Waals surface area contributed by atoms with Gasteiger partial charge in [-0.1, -0.05) is 6.92 Å². The summed E-state index contributed by atoms with van der Waals surface area (Å²) in [6.07, 6.45) is 3.13. The summed E-state index contributed by atoms with van der Waals surface area (Å²) in [7, 11) is 0. The van der Waals surface area contributed by atoms with Crippen molar-refractivity contribution in [3.05, 3.63) is 65.4 Å². The van der Waals surface area contributed by atoms with E-state index < -0.39 is 0 Å². The Bertz CT molecular complexity index is 1040. The van der Waals surface area contributed by atoms with E-state index in [4.69, 9.17) is 5.26 Å². The molecule has 1 fully saturated rings. The maximum absolute atomic E-state index is 9.25. The van der Waals surface area contributed by atoms with Crippen molar-refractivity contribution < 1.29 is 0 Å². The molecule has 5 heteroatoms. The standard InChI is InChI=1S/C23H23N5/c1-2-23(21-16-26-22-8-5-18(15-25)13-20(21)22)28-11-9-27(10-12-28)19-6-3-17(14-24)4-7-19/h3-8,13,16,23,26H,2,9-12H2,1H3. The molecule has 0 aliphatic carbocycles. The molecule has 0 saturated carbocycles. The van der Waals surface area contributed by atoms with Crippen molar-refractivity contribution in [3.8, 4) is 12.1 Å². The molecule has 140 valence electrons. The highest BCUT2D eigenvalue weighted by Crippen LogP contribution is 2.32. The molecule has 2 heterocycles. The van der Waals surface area contributed by atoms with Crippen LogP contribution < -0.4 is 4.90 Å². The van der Waals surface area contributed by atoms with Gasteiger partial charge in [-0.15, -0.1) is 0 Å². The summed E-state index contributed by atoms with van der Waals surface area (Å²) < 4.78 is 0. The van der Waals surface area contributed by atoms with Crippen molar-refractivity contribution in [2.24, 2.45) is 0 Å². The Morgan fingerprint density at radius 2 is 1.64 bits per heavy atom. The molecule has 1 aliphatic heterocycles. The van der Waals surface area contributed by atoms with E-state index in [0.717, 1.165) is 43.5 Å². The molecule has 28 heavy (non-hydrogen) atoms. The molecule has 1 aromatic heterocycles. The smallest absolute Gasteiger partial charge is 0.0991 e. The number of benzene rings is 2. The fraction of sp³-hybridized carbons (Fsp3) is 0.304. The lowest BCUT2D eigenvalue weighted by Gasteiger charge is -2.40. The summed E-state index contributed by atoms with van der Waals surface area (Å²) >= 11 is 0. The first-order valence-corrected chi connectivity index (χ1v) is 9.73. The number of hydrogen-bond acceptors (Lipinski definition) is 4. The van der Waals surface area contributed by atoms with Gasteiger partial charge in [-0.2, -0.15) is 10.5 Å². The van der Waals surface area contributed by atoms with Crippen LogP contribution in [0.5, 0.6) is 0 Å². The van der Waals surface area contributed by atoms with Crippen LogP contribution in [0.2, 0.25) is 0 Å². The Kier molecular flexibility index (Phi) is 5.02. The minimum atomic E-state index is 0.339.